The predicted molar refractivity (Wildman–Crippen MR) is 129 cm³/mol. The van der Waals surface area contributed by atoms with Crippen molar-refractivity contribution in [2.75, 3.05) is 23.3 Å². The Balaban J connectivity index is 1.30. The fourth-order valence-electron chi connectivity index (χ4n) is 4.21. The highest BCUT2D eigenvalue weighted by Gasteiger charge is 2.29. The third-order valence-corrected chi connectivity index (χ3v) is 6.39. The van der Waals surface area contributed by atoms with Gasteiger partial charge in [-0.05, 0) is 55.7 Å². The molecule has 2 aliphatic heterocycles. The maximum absolute atomic E-state index is 12.6. The van der Waals surface area contributed by atoms with E-state index in [-0.39, 0.29) is 23.2 Å². The van der Waals surface area contributed by atoms with E-state index in [1.807, 2.05) is 6.07 Å². The van der Waals surface area contributed by atoms with Crippen LogP contribution in [0.2, 0.25) is 0 Å². The molecule has 3 aromatic rings. The topological polar surface area (TPSA) is 130 Å². The molecular formula is C25H26N6O4. The summed E-state index contributed by atoms with van der Waals surface area (Å²) in [6.45, 7) is 6.32. The lowest BCUT2D eigenvalue weighted by atomic mass is 10.1. The molecule has 0 aliphatic carbocycles. The van der Waals surface area contributed by atoms with Crippen molar-refractivity contribution < 1.29 is 19.4 Å². The van der Waals surface area contributed by atoms with Crippen molar-refractivity contribution in [1.82, 2.24) is 20.3 Å². The second kappa shape index (κ2) is 9.30. The molecule has 0 saturated carbocycles. The van der Waals surface area contributed by atoms with Crippen molar-refractivity contribution in [2.24, 2.45) is 0 Å². The Morgan fingerprint density at radius 3 is 2.71 bits per heavy atom. The molecule has 1 atom stereocenters. The first kappa shape index (κ1) is 22.7. The predicted octanol–water partition coefficient (Wildman–Crippen LogP) is 2.97. The molecule has 1 saturated heterocycles. The lowest BCUT2D eigenvalue weighted by molar-refractivity contribution is 0.0695. The van der Waals surface area contributed by atoms with E-state index < -0.39 is 5.97 Å². The fourth-order valence-corrected chi connectivity index (χ4v) is 4.21. The van der Waals surface area contributed by atoms with Crippen molar-refractivity contribution in [3.63, 3.8) is 0 Å². The van der Waals surface area contributed by atoms with Crippen LogP contribution in [0.3, 0.4) is 0 Å². The number of anilines is 3. The number of hydrogen-bond donors (Lipinski definition) is 3. The first-order valence-corrected chi connectivity index (χ1v) is 11.4. The molecule has 35 heavy (non-hydrogen) atoms. The smallest absolute Gasteiger partial charge is 0.337 e. The number of pyridine rings is 1. The molecule has 4 heterocycles. The fraction of sp³-hybridized carbons (Fsp3) is 0.320. The summed E-state index contributed by atoms with van der Waals surface area (Å²) in [5, 5.41) is 15.4. The van der Waals surface area contributed by atoms with Crippen molar-refractivity contribution in [3.05, 3.63) is 70.2 Å². The Morgan fingerprint density at radius 1 is 1.11 bits per heavy atom. The zero-order chi connectivity index (χ0) is 24.5. The van der Waals surface area contributed by atoms with Gasteiger partial charge in [-0.3, -0.25) is 9.78 Å². The van der Waals surface area contributed by atoms with Crippen molar-refractivity contribution in [2.45, 2.75) is 39.5 Å². The van der Waals surface area contributed by atoms with E-state index in [1.165, 1.54) is 29.5 Å². The summed E-state index contributed by atoms with van der Waals surface area (Å²) in [5.74, 6) is -0.0848. The molecule has 1 amide bonds. The molecule has 0 spiro atoms. The zero-order valence-corrected chi connectivity index (χ0v) is 19.5. The standard InChI is InChI=1S/C25H26N6O4/c1-14-3-5-17(9-15(14)2)27-22-19-12-35-13-21(19)29-25(30-22)31-8-7-18(11-31)28-23(32)20-6-4-16(10-26-20)24(33)34/h3-6,9-10,18H,7-8,11-13H2,1-2H3,(H,28,32)(H,33,34)(H,27,29,30). The minimum absolute atomic E-state index is 0.0385. The number of amides is 1. The van der Waals surface area contributed by atoms with Crippen LogP contribution in [0.25, 0.3) is 0 Å². The minimum atomic E-state index is -1.08. The molecule has 1 fully saturated rings. The second-order valence-corrected chi connectivity index (χ2v) is 8.86. The van der Waals surface area contributed by atoms with Gasteiger partial charge in [0.05, 0.1) is 24.5 Å². The molecule has 10 heteroatoms. The summed E-state index contributed by atoms with van der Waals surface area (Å²) in [5.41, 5.74) is 5.44. The monoisotopic (exact) mass is 474 g/mol. The van der Waals surface area contributed by atoms with Gasteiger partial charge in [0.2, 0.25) is 5.95 Å². The van der Waals surface area contributed by atoms with E-state index in [0.717, 1.165) is 29.2 Å². The van der Waals surface area contributed by atoms with Crippen molar-refractivity contribution in [3.8, 4) is 0 Å². The molecule has 3 N–H and O–H groups in total. The Kier molecular flexibility index (Phi) is 6.04. The highest BCUT2D eigenvalue weighted by molar-refractivity contribution is 5.94. The number of aryl methyl sites for hydroxylation is 2. The van der Waals surface area contributed by atoms with Crippen LogP contribution in [0.1, 0.15) is 49.7 Å². The number of carbonyl (C=O) groups is 2. The van der Waals surface area contributed by atoms with Gasteiger partial charge < -0.3 is 25.4 Å². The summed E-state index contributed by atoms with van der Waals surface area (Å²) < 4.78 is 5.64. The molecule has 5 rings (SSSR count). The van der Waals surface area contributed by atoms with E-state index in [0.29, 0.717) is 32.3 Å². The molecule has 1 unspecified atom stereocenters. The van der Waals surface area contributed by atoms with Crippen LogP contribution in [0, 0.1) is 13.8 Å². The molecule has 2 aromatic heterocycles. The number of rotatable bonds is 6. The lowest BCUT2D eigenvalue weighted by Crippen LogP contribution is -2.37. The number of nitrogens with zero attached hydrogens (tertiary/aromatic N) is 4. The average molecular weight is 475 g/mol. The van der Waals surface area contributed by atoms with Gasteiger partial charge in [-0.25, -0.2) is 9.78 Å². The number of aromatic carboxylic acids is 1. The van der Waals surface area contributed by atoms with Gasteiger partial charge in [-0.1, -0.05) is 6.07 Å². The third-order valence-electron chi connectivity index (χ3n) is 6.39. The molecular weight excluding hydrogens is 448 g/mol. The number of carbonyl (C=O) groups excluding carboxylic acids is 1. The number of carboxylic acid groups (broad SMARTS) is 1. The summed E-state index contributed by atoms with van der Waals surface area (Å²) >= 11 is 0. The molecule has 0 radical (unpaired) electrons. The van der Waals surface area contributed by atoms with Gasteiger partial charge in [0.1, 0.15) is 11.5 Å². The van der Waals surface area contributed by atoms with Crippen LogP contribution in [-0.2, 0) is 18.0 Å². The number of benzene rings is 1. The average Bonchev–Trinajstić information content (AvgIpc) is 3.51. The van der Waals surface area contributed by atoms with Crippen molar-refractivity contribution >= 4 is 29.3 Å². The van der Waals surface area contributed by atoms with Crippen LogP contribution < -0.4 is 15.5 Å². The van der Waals surface area contributed by atoms with E-state index >= 15 is 0 Å². The second-order valence-electron chi connectivity index (χ2n) is 8.86. The van der Waals surface area contributed by atoms with Gasteiger partial charge >= 0.3 is 5.97 Å². The van der Waals surface area contributed by atoms with Gasteiger partial charge in [-0.15, -0.1) is 0 Å². The largest absolute Gasteiger partial charge is 0.478 e. The Morgan fingerprint density at radius 2 is 1.97 bits per heavy atom. The summed E-state index contributed by atoms with van der Waals surface area (Å²) in [4.78, 5) is 39.1. The molecule has 0 bridgehead atoms. The van der Waals surface area contributed by atoms with Gasteiger partial charge in [0, 0.05) is 36.6 Å². The van der Waals surface area contributed by atoms with E-state index in [1.54, 1.807) is 0 Å². The Labute approximate surface area is 202 Å². The Hall–Kier alpha value is -4.05. The van der Waals surface area contributed by atoms with Crippen LogP contribution in [0.5, 0.6) is 0 Å². The van der Waals surface area contributed by atoms with E-state index in [2.05, 4.69) is 46.5 Å². The maximum atomic E-state index is 12.6. The first-order chi connectivity index (χ1) is 16.9. The summed E-state index contributed by atoms with van der Waals surface area (Å²) in [7, 11) is 0. The molecule has 2 aliphatic rings. The number of aromatic nitrogens is 3. The van der Waals surface area contributed by atoms with Gasteiger partial charge in [0.25, 0.3) is 5.91 Å². The molecule has 1 aromatic carbocycles. The van der Waals surface area contributed by atoms with Gasteiger partial charge in [-0.2, -0.15) is 4.98 Å². The highest BCUT2D eigenvalue weighted by atomic mass is 16.5. The Bertz CT molecular complexity index is 1290. The van der Waals surface area contributed by atoms with Crippen LogP contribution >= 0.6 is 0 Å². The van der Waals surface area contributed by atoms with E-state index in [9.17, 15) is 9.59 Å². The molecule has 180 valence electrons. The number of ether oxygens (including phenoxy) is 1. The summed E-state index contributed by atoms with van der Waals surface area (Å²) in [6.07, 6.45) is 1.92. The number of fused-ring (bicyclic) bond motifs is 1. The van der Waals surface area contributed by atoms with Crippen LogP contribution in [0.15, 0.2) is 36.5 Å². The van der Waals surface area contributed by atoms with Crippen molar-refractivity contribution in [1.29, 1.82) is 0 Å². The number of carboxylic acids is 1. The summed E-state index contributed by atoms with van der Waals surface area (Å²) in [6, 6.07) is 8.89. The highest BCUT2D eigenvalue weighted by Crippen LogP contribution is 2.30. The van der Waals surface area contributed by atoms with Gasteiger partial charge in [0.15, 0.2) is 0 Å². The quantitative estimate of drug-likeness (QED) is 0.494. The maximum Gasteiger partial charge on any atom is 0.337 e. The van der Waals surface area contributed by atoms with Crippen LogP contribution in [0.4, 0.5) is 17.5 Å². The third kappa shape index (κ3) is 4.78. The minimum Gasteiger partial charge on any atom is -0.478 e. The number of nitrogens with one attached hydrogen (secondary N) is 2. The normalized spacial score (nSPS) is 16.7. The van der Waals surface area contributed by atoms with E-state index in [4.69, 9.17) is 19.8 Å². The first-order valence-electron chi connectivity index (χ1n) is 11.4. The zero-order valence-electron chi connectivity index (χ0n) is 19.5. The lowest BCUT2D eigenvalue weighted by Gasteiger charge is -2.19. The van der Waals surface area contributed by atoms with Crippen LogP contribution in [-0.4, -0.2) is 51.1 Å². The molecule has 10 nitrogen and oxygen atoms in total. The SMILES string of the molecule is Cc1ccc(Nc2nc(N3CCC(NC(=O)c4ccc(C(=O)O)cn4)C3)nc3c2COC3)cc1C. The number of hydrogen-bond acceptors (Lipinski definition) is 8.